The van der Waals surface area contributed by atoms with Gasteiger partial charge in [-0.25, -0.2) is 0 Å². The van der Waals surface area contributed by atoms with Crippen LogP contribution in [0.25, 0.3) is 0 Å². The Labute approximate surface area is 120 Å². The highest BCUT2D eigenvalue weighted by Crippen LogP contribution is 2.29. The highest BCUT2D eigenvalue weighted by Gasteiger charge is 2.40. The molecular formula is C13H20N2O2S2. The molecule has 1 N–H and O–H groups in total. The molecule has 106 valence electrons. The van der Waals surface area contributed by atoms with Crippen molar-refractivity contribution in [2.45, 2.75) is 26.1 Å². The molecule has 1 saturated heterocycles. The molecule has 0 spiro atoms. The largest absolute Gasteiger partial charge is 0.321 e. The van der Waals surface area contributed by atoms with Gasteiger partial charge in [0.15, 0.2) is 0 Å². The van der Waals surface area contributed by atoms with Crippen LogP contribution < -0.4 is 5.32 Å². The van der Waals surface area contributed by atoms with Crippen LogP contribution in [0, 0.1) is 5.92 Å². The number of amides is 1. The number of thiophene rings is 1. The Balaban J connectivity index is 2.19. The van der Waals surface area contributed by atoms with Crippen LogP contribution >= 0.6 is 11.3 Å². The number of nitrogens with one attached hydrogen (secondary N) is 1. The smallest absolute Gasteiger partial charge is 0.241 e. The topological polar surface area (TPSA) is 49.4 Å². The van der Waals surface area contributed by atoms with Crippen molar-refractivity contribution in [3.05, 3.63) is 22.4 Å². The minimum Gasteiger partial charge on any atom is -0.321 e. The van der Waals surface area contributed by atoms with Crippen molar-refractivity contribution >= 4 is 28.0 Å². The second-order valence-corrected chi connectivity index (χ2v) is 7.49. The molecule has 6 heteroatoms. The second kappa shape index (κ2) is 6.15. The minimum atomic E-state index is -0.879. The van der Waals surface area contributed by atoms with Crippen molar-refractivity contribution in [1.29, 1.82) is 0 Å². The molecule has 3 unspecified atom stereocenters. The van der Waals surface area contributed by atoms with Crippen LogP contribution in [-0.4, -0.2) is 39.6 Å². The van der Waals surface area contributed by atoms with Gasteiger partial charge in [0.2, 0.25) is 5.91 Å². The second-order valence-electron chi connectivity index (χ2n) is 5.16. The summed E-state index contributed by atoms with van der Waals surface area (Å²) < 4.78 is 11.3. The van der Waals surface area contributed by atoms with Gasteiger partial charge in [-0.05, 0) is 28.3 Å². The Hall–Kier alpha value is -0.720. The fourth-order valence-electron chi connectivity index (χ4n) is 2.29. The highest BCUT2D eigenvalue weighted by atomic mass is 32.2. The Bertz CT molecular complexity index is 459. The average molecular weight is 300 g/mol. The van der Waals surface area contributed by atoms with Gasteiger partial charge >= 0.3 is 0 Å². The zero-order valence-corrected chi connectivity index (χ0v) is 13.1. The Kier molecular flexibility index (Phi) is 4.76. The Morgan fingerprint density at radius 1 is 1.53 bits per heavy atom. The van der Waals surface area contributed by atoms with Gasteiger partial charge in [-0.1, -0.05) is 13.8 Å². The van der Waals surface area contributed by atoms with Crippen LogP contribution in [0.2, 0.25) is 0 Å². The number of carbonyl (C=O) groups is 1. The van der Waals surface area contributed by atoms with Crippen LogP contribution in [0.15, 0.2) is 16.8 Å². The molecule has 2 rings (SSSR count). The summed E-state index contributed by atoms with van der Waals surface area (Å²) in [5, 5.41) is 7.47. The third-order valence-corrected chi connectivity index (χ3v) is 4.80. The number of hydrogen-bond acceptors (Lipinski definition) is 4. The molecule has 1 aliphatic heterocycles. The summed E-state index contributed by atoms with van der Waals surface area (Å²) in [4.78, 5) is 14.3. The fourth-order valence-corrected chi connectivity index (χ4v) is 3.42. The van der Waals surface area contributed by atoms with Gasteiger partial charge in [-0.15, -0.1) is 0 Å². The van der Waals surface area contributed by atoms with E-state index in [4.69, 9.17) is 0 Å². The molecule has 0 saturated carbocycles. The summed E-state index contributed by atoms with van der Waals surface area (Å²) in [6.07, 6.45) is 1.60. The number of nitrogens with zero attached hydrogens (tertiary/aromatic N) is 1. The van der Waals surface area contributed by atoms with Crippen molar-refractivity contribution in [3.63, 3.8) is 0 Å². The third-order valence-electron chi connectivity index (χ3n) is 3.34. The number of rotatable bonds is 5. The molecule has 0 aromatic carbocycles. The van der Waals surface area contributed by atoms with E-state index in [0.717, 1.165) is 5.56 Å². The molecule has 1 aromatic heterocycles. The SMILES string of the molecule is CC(C)C1NC(c2ccsc2)N(CCS(C)=O)C1=O. The van der Waals surface area contributed by atoms with Crippen LogP contribution in [0.3, 0.4) is 0 Å². The number of hydrogen-bond donors (Lipinski definition) is 1. The monoisotopic (exact) mass is 300 g/mol. The lowest BCUT2D eigenvalue weighted by Gasteiger charge is -2.23. The Morgan fingerprint density at radius 3 is 2.79 bits per heavy atom. The maximum absolute atomic E-state index is 12.4. The molecular weight excluding hydrogens is 280 g/mol. The first kappa shape index (κ1) is 14.7. The molecule has 0 radical (unpaired) electrons. The maximum Gasteiger partial charge on any atom is 0.241 e. The van der Waals surface area contributed by atoms with Crippen LogP contribution in [0.5, 0.6) is 0 Å². The van der Waals surface area contributed by atoms with Crippen molar-refractivity contribution in [1.82, 2.24) is 10.2 Å². The molecule has 1 aliphatic rings. The lowest BCUT2D eigenvalue weighted by molar-refractivity contribution is -0.130. The van der Waals surface area contributed by atoms with E-state index in [1.165, 1.54) is 0 Å². The molecule has 2 heterocycles. The van der Waals surface area contributed by atoms with Gasteiger partial charge in [0, 0.05) is 29.4 Å². The van der Waals surface area contributed by atoms with Crippen LogP contribution in [0.4, 0.5) is 0 Å². The van der Waals surface area contributed by atoms with E-state index in [0.29, 0.717) is 12.3 Å². The Morgan fingerprint density at radius 2 is 2.26 bits per heavy atom. The minimum absolute atomic E-state index is 0.0744. The quantitative estimate of drug-likeness (QED) is 0.898. The number of carbonyl (C=O) groups excluding carboxylic acids is 1. The van der Waals surface area contributed by atoms with E-state index in [9.17, 15) is 9.00 Å². The molecule has 1 fully saturated rings. The first-order valence-corrected chi connectivity index (χ1v) is 9.06. The summed E-state index contributed by atoms with van der Waals surface area (Å²) in [6.45, 7) is 4.63. The van der Waals surface area contributed by atoms with E-state index >= 15 is 0 Å². The zero-order valence-electron chi connectivity index (χ0n) is 11.5. The summed E-state index contributed by atoms with van der Waals surface area (Å²) in [5.74, 6) is 0.904. The molecule has 0 aliphatic carbocycles. The van der Waals surface area contributed by atoms with Crippen molar-refractivity contribution < 1.29 is 9.00 Å². The van der Waals surface area contributed by atoms with E-state index in [1.807, 2.05) is 30.2 Å². The maximum atomic E-state index is 12.4. The van der Waals surface area contributed by atoms with E-state index in [2.05, 4.69) is 10.7 Å². The molecule has 0 bridgehead atoms. The van der Waals surface area contributed by atoms with Crippen molar-refractivity contribution in [2.24, 2.45) is 5.92 Å². The molecule has 1 amide bonds. The molecule has 1 aromatic rings. The normalized spacial score (nSPS) is 25.3. The lowest BCUT2D eigenvalue weighted by Crippen LogP contribution is -2.36. The average Bonchev–Trinajstić information content (AvgIpc) is 2.93. The van der Waals surface area contributed by atoms with E-state index in [-0.39, 0.29) is 24.0 Å². The van der Waals surface area contributed by atoms with Gasteiger partial charge < -0.3 is 4.90 Å². The predicted molar refractivity (Wildman–Crippen MR) is 79.5 cm³/mol. The van der Waals surface area contributed by atoms with Gasteiger partial charge in [-0.2, -0.15) is 11.3 Å². The lowest BCUT2D eigenvalue weighted by atomic mass is 10.1. The van der Waals surface area contributed by atoms with Gasteiger partial charge in [0.1, 0.15) is 6.17 Å². The zero-order chi connectivity index (χ0) is 14.0. The van der Waals surface area contributed by atoms with Crippen LogP contribution in [-0.2, 0) is 15.6 Å². The first-order chi connectivity index (χ1) is 9.00. The predicted octanol–water partition coefficient (Wildman–Crippen LogP) is 1.58. The van der Waals surface area contributed by atoms with Gasteiger partial charge in [0.25, 0.3) is 0 Å². The standard InChI is InChI=1S/C13H20N2O2S2/c1-9(2)11-13(16)15(5-7-19(3)17)12(14-11)10-4-6-18-8-10/h4,6,8-9,11-12,14H,5,7H2,1-3H3. The van der Waals surface area contributed by atoms with E-state index < -0.39 is 10.8 Å². The summed E-state index contributed by atoms with van der Waals surface area (Å²) in [7, 11) is -0.879. The van der Waals surface area contributed by atoms with Crippen LogP contribution in [0.1, 0.15) is 25.6 Å². The summed E-state index contributed by atoms with van der Waals surface area (Å²) in [5.41, 5.74) is 1.11. The third kappa shape index (κ3) is 3.24. The molecule has 4 nitrogen and oxygen atoms in total. The fraction of sp³-hybridized carbons (Fsp3) is 0.615. The highest BCUT2D eigenvalue weighted by molar-refractivity contribution is 7.84. The first-order valence-electron chi connectivity index (χ1n) is 6.39. The molecule has 3 atom stereocenters. The van der Waals surface area contributed by atoms with Gasteiger partial charge in [-0.3, -0.25) is 14.3 Å². The summed E-state index contributed by atoms with van der Waals surface area (Å²) in [6, 6.07) is 1.89. The summed E-state index contributed by atoms with van der Waals surface area (Å²) >= 11 is 1.63. The van der Waals surface area contributed by atoms with Crippen molar-refractivity contribution in [3.8, 4) is 0 Å². The van der Waals surface area contributed by atoms with E-state index in [1.54, 1.807) is 17.6 Å². The van der Waals surface area contributed by atoms with Gasteiger partial charge in [0.05, 0.1) is 6.04 Å². The van der Waals surface area contributed by atoms with Crippen molar-refractivity contribution in [2.75, 3.05) is 18.6 Å². The molecule has 19 heavy (non-hydrogen) atoms.